The summed E-state index contributed by atoms with van der Waals surface area (Å²) in [5, 5.41) is 3.25. The largest absolute Gasteiger partial charge is 0.324 e. The summed E-state index contributed by atoms with van der Waals surface area (Å²) in [6, 6.07) is 8.38. The molecule has 0 saturated heterocycles. The van der Waals surface area contributed by atoms with E-state index >= 15 is 0 Å². The molecule has 0 amide bonds. The lowest BCUT2D eigenvalue weighted by molar-refractivity contribution is 0.728. The van der Waals surface area contributed by atoms with E-state index in [9.17, 15) is 0 Å². The summed E-state index contributed by atoms with van der Waals surface area (Å²) in [4.78, 5) is 0. The van der Waals surface area contributed by atoms with Crippen LogP contribution in [0.1, 0.15) is 12.5 Å². The molecule has 1 heteroatoms. The Balaban J connectivity index is 2.30. The van der Waals surface area contributed by atoms with Crippen molar-refractivity contribution in [3.05, 3.63) is 29.8 Å². The molecule has 1 nitrogen and oxygen atoms in total. The molecular formula is C8H12N-. The van der Waals surface area contributed by atoms with E-state index in [1.165, 1.54) is 5.56 Å². The highest BCUT2D eigenvalue weighted by Crippen LogP contribution is 1.97. The van der Waals surface area contributed by atoms with Gasteiger partial charge in [0.15, 0.2) is 0 Å². The van der Waals surface area contributed by atoms with E-state index in [0.29, 0.717) is 0 Å². The van der Waals surface area contributed by atoms with Crippen molar-refractivity contribution in [2.45, 2.75) is 13.5 Å². The molecule has 0 aliphatic heterocycles. The second kappa shape index (κ2) is 3.36. The van der Waals surface area contributed by atoms with Gasteiger partial charge in [0.2, 0.25) is 0 Å². The minimum Gasteiger partial charge on any atom is -0.324 e. The summed E-state index contributed by atoms with van der Waals surface area (Å²) >= 11 is 0. The van der Waals surface area contributed by atoms with Gasteiger partial charge in [-0.3, -0.25) is 0 Å². The molecule has 0 spiro atoms. The predicted molar refractivity (Wildman–Crippen MR) is 39.4 cm³/mol. The third-order valence-corrected chi connectivity index (χ3v) is 1.31. The number of hydrogen-bond donors (Lipinski definition) is 1. The van der Waals surface area contributed by atoms with Crippen molar-refractivity contribution in [1.29, 1.82) is 0 Å². The zero-order chi connectivity index (χ0) is 6.53. The van der Waals surface area contributed by atoms with Crippen molar-refractivity contribution in [2.75, 3.05) is 6.54 Å². The maximum Gasteiger partial charge on any atom is -0.00850 e. The Hall–Kier alpha value is -0.690. The van der Waals surface area contributed by atoms with Crippen molar-refractivity contribution in [2.24, 2.45) is 0 Å². The SMILES string of the molecule is CCNC[c-]1cccc1. The summed E-state index contributed by atoms with van der Waals surface area (Å²) < 4.78 is 0. The van der Waals surface area contributed by atoms with E-state index in [4.69, 9.17) is 0 Å². The second-order valence-corrected chi connectivity index (χ2v) is 2.07. The lowest BCUT2D eigenvalue weighted by Gasteiger charge is -2.00. The molecule has 0 fully saturated rings. The minimum atomic E-state index is 1.00. The monoisotopic (exact) mass is 122 g/mol. The van der Waals surface area contributed by atoms with Crippen LogP contribution in [0.2, 0.25) is 0 Å². The van der Waals surface area contributed by atoms with Gasteiger partial charge in [0, 0.05) is 0 Å². The predicted octanol–water partition coefficient (Wildman–Crippen LogP) is 1.51. The van der Waals surface area contributed by atoms with Crippen LogP contribution in [-0.2, 0) is 6.54 Å². The van der Waals surface area contributed by atoms with Crippen molar-refractivity contribution in [1.82, 2.24) is 5.32 Å². The highest BCUT2D eigenvalue weighted by atomic mass is 14.8. The molecule has 0 aliphatic rings. The van der Waals surface area contributed by atoms with E-state index < -0.39 is 0 Å². The fourth-order valence-electron chi connectivity index (χ4n) is 0.801. The molecule has 0 radical (unpaired) electrons. The molecule has 9 heavy (non-hydrogen) atoms. The first-order valence-corrected chi connectivity index (χ1v) is 3.35. The maximum atomic E-state index is 3.25. The summed E-state index contributed by atoms with van der Waals surface area (Å²) in [7, 11) is 0. The van der Waals surface area contributed by atoms with Gasteiger partial charge in [-0.1, -0.05) is 6.92 Å². The van der Waals surface area contributed by atoms with Crippen LogP contribution in [0.15, 0.2) is 24.3 Å². The van der Waals surface area contributed by atoms with E-state index in [1.807, 2.05) is 0 Å². The van der Waals surface area contributed by atoms with Crippen molar-refractivity contribution in [3.8, 4) is 0 Å². The lowest BCUT2D eigenvalue weighted by Crippen LogP contribution is -2.10. The smallest absolute Gasteiger partial charge is 0.00850 e. The van der Waals surface area contributed by atoms with Crippen molar-refractivity contribution in [3.63, 3.8) is 0 Å². The van der Waals surface area contributed by atoms with E-state index in [0.717, 1.165) is 13.1 Å². The Labute approximate surface area is 56.1 Å². The topological polar surface area (TPSA) is 12.0 Å². The Morgan fingerprint density at radius 1 is 1.33 bits per heavy atom. The highest BCUT2D eigenvalue weighted by Gasteiger charge is 1.78. The van der Waals surface area contributed by atoms with E-state index in [2.05, 4.69) is 36.5 Å². The van der Waals surface area contributed by atoms with Gasteiger partial charge in [-0.15, -0.1) is 5.56 Å². The number of rotatable bonds is 3. The maximum absolute atomic E-state index is 3.25. The average molecular weight is 122 g/mol. The number of nitrogens with one attached hydrogen (secondary N) is 1. The first-order valence-electron chi connectivity index (χ1n) is 3.35. The molecular weight excluding hydrogens is 110 g/mol. The zero-order valence-electron chi connectivity index (χ0n) is 5.72. The van der Waals surface area contributed by atoms with Gasteiger partial charge < -0.3 is 5.32 Å². The molecule has 0 aliphatic carbocycles. The Morgan fingerprint density at radius 2 is 2.00 bits per heavy atom. The first-order chi connectivity index (χ1) is 4.43. The van der Waals surface area contributed by atoms with Gasteiger partial charge >= 0.3 is 0 Å². The molecule has 0 bridgehead atoms. The first kappa shape index (κ1) is 6.43. The Morgan fingerprint density at radius 3 is 2.56 bits per heavy atom. The zero-order valence-corrected chi connectivity index (χ0v) is 5.72. The van der Waals surface area contributed by atoms with Crippen LogP contribution in [-0.4, -0.2) is 6.54 Å². The average Bonchev–Trinajstić information content (AvgIpc) is 2.34. The van der Waals surface area contributed by atoms with Crippen LogP contribution in [0, 0.1) is 0 Å². The lowest BCUT2D eigenvalue weighted by atomic mass is 10.3. The van der Waals surface area contributed by atoms with Crippen molar-refractivity contribution < 1.29 is 0 Å². The van der Waals surface area contributed by atoms with Gasteiger partial charge in [-0.2, -0.15) is 12.1 Å². The summed E-state index contributed by atoms with van der Waals surface area (Å²) in [5.74, 6) is 0. The molecule has 1 rings (SSSR count). The molecule has 1 N–H and O–H groups in total. The Kier molecular flexibility index (Phi) is 2.40. The van der Waals surface area contributed by atoms with Crippen LogP contribution < -0.4 is 5.32 Å². The van der Waals surface area contributed by atoms with Crippen LogP contribution in [0.3, 0.4) is 0 Å². The van der Waals surface area contributed by atoms with Gasteiger partial charge in [0.05, 0.1) is 0 Å². The highest BCUT2D eigenvalue weighted by molar-refractivity contribution is 5.15. The fraction of sp³-hybridized carbons (Fsp3) is 0.375. The molecule has 0 heterocycles. The molecule has 1 aromatic rings. The minimum absolute atomic E-state index is 1.00. The third kappa shape index (κ3) is 1.94. The van der Waals surface area contributed by atoms with Gasteiger partial charge in [-0.25, -0.2) is 12.1 Å². The quantitative estimate of drug-likeness (QED) is 0.599. The van der Waals surface area contributed by atoms with Crippen LogP contribution in [0.4, 0.5) is 0 Å². The second-order valence-electron chi connectivity index (χ2n) is 2.07. The molecule has 50 valence electrons. The summed E-state index contributed by atoms with van der Waals surface area (Å²) in [6.07, 6.45) is 0. The Bertz CT molecular complexity index is 142. The van der Waals surface area contributed by atoms with Crippen LogP contribution in [0.25, 0.3) is 0 Å². The van der Waals surface area contributed by atoms with Gasteiger partial charge in [0.25, 0.3) is 0 Å². The standard InChI is InChI=1S/C8H12N/c1-2-9-7-8-5-3-4-6-8/h3-6,9H,2,7H2,1H3/q-1. The molecule has 0 atom stereocenters. The van der Waals surface area contributed by atoms with Crippen LogP contribution >= 0.6 is 0 Å². The summed E-state index contributed by atoms with van der Waals surface area (Å²) in [6.45, 7) is 4.16. The van der Waals surface area contributed by atoms with E-state index in [1.54, 1.807) is 0 Å². The van der Waals surface area contributed by atoms with Gasteiger partial charge in [-0.05, 0) is 13.1 Å². The van der Waals surface area contributed by atoms with Crippen molar-refractivity contribution >= 4 is 0 Å². The van der Waals surface area contributed by atoms with E-state index in [-0.39, 0.29) is 0 Å². The fourth-order valence-corrected chi connectivity index (χ4v) is 0.801. The molecule has 1 aromatic carbocycles. The van der Waals surface area contributed by atoms with Gasteiger partial charge in [0.1, 0.15) is 0 Å². The molecule has 0 saturated carbocycles. The number of hydrogen-bond acceptors (Lipinski definition) is 1. The third-order valence-electron chi connectivity index (χ3n) is 1.31. The molecule has 0 aromatic heterocycles. The normalized spacial score (nSPS) is 9.89. The summed E-state index contributed by atoms with van der Waals surface area (Å²) in [5.41, 5.74) is 1.37. The molecule has 0 unspecified atom stereocenters. The van der Waals surface area contributed by atoms with Crippen LogP contribution in [0.5, 0.6) is 0 Å².